The standard InChI is InChI=1S/ClH2NO2/c2-4-1-3/h2H2/q+1. The highest BCUT2D eigenvalue weighted by Crippen LogP contribution is 1.49. The molecule has 0 atom stereocenters. The molecule has 2 N–H and O–H groups in total. The van der Waals surface area contributed by atoms with Crippen molar-refractivity contribution in [1.29, 1.82) is 0 Å². The van der Waals surface area contributed by atoms with E-state index in [0.717, 1.165) is 0 Å². The zero-order valence-corrected chi connectivity index (χ0v) is 2.53. The van der Waals surface area contributed by atoms with Gasteiger partial charge in [-0.05, 0) is 0 Å². The number of hydrogen-bond donors (Lipinski definition) is 1. The van der Waals surface area contributed by atoms with Crippen molar-refractivity contribution in [3.05, 3.63) is 0 Å². The van der Waals surface area contributed by atoms with Crippen molar-refractivity contribution in [3.63, 3.8) is 0 Å². The van der Waals surface area contributed by atoms with E-state index in [4.69, 9.17) is 4.66 Å². The molecule has 0 spiro atoms. The highest BCUT2D eigenvalue weighted by atomic mass is 35.6. The molecule has 0 aliphatic heterocycles. The number of rotatable bonds is 1. The van der Waals surface area contributed by atoms with Gasteiger partial charge >= 0.3 is 11.3 Å². The lowest BCUT2D eigenvalue weighted by molar-refractivity contribution is -1.09. The lowest BCUT2D eigenvalue weighted by Crippen LogP contribution is -1.92. The Morgan fingerprint density at radius 3 is 2.25 bits per heavy atom. The second-order valence-corrected chi connectivity index (χ2v) is 0.456. The first-order valence-electron chi connectivity index (χ1n) is 0.544. The fourth-order valence-electron chi connectivity index (χ4n) is 0. The smallest absolute Gasteiger partial charge is 0.150 e. The summed E-state index contributed by atoms with van der Waals surface area (Å²) in [4.78, 5) is 0. The lowest BCUT2D eigenvalue weighted by Gasteiger charge is -1.44. The summed E-state index contributed by atoms with van der Waals surface area (Å²) < 4.78 is 12.2. The molecular formula is H2ClNO2+. The summed E-state index contributed by atoms with van der Waals surface area (Å²) in [5.74, 6) is 4.15. The minimum Gasteiger partial charge on any atom is -0.150 e. The van der Waals surface area contributed by atoms with Gasteiger partial charge in [0.1, 0.15) is 0 Å². The molecule has 0 heterocycles. The molecule has 0 rings (SSSR count). The Labute approximate surface area is 27.4 Å². The topological polar surface area (TPSA) is 55.1 Å². The largest absolute Gasteiger partial charge is 0.628 e. The Balaban J connectivity index is 1.97. The van der Waals surface area contributed by atoms with Crippen LogP contribution in [-0.4, -0.2) is 0 Å². The van der Waals surface area contributed by atoms with Crippen molar-refractivity contribution in [3.8, 4) is 0 Å². The molecule has 3 nitrogen and oxygen atoms in total. The minimum absolute atomic E-state index is 0.242. The third-order valence-electron chi connectivity index (χ3n) is 0.0364. The van der Waals surface area contributed by atoms with Crippen LogP contribution in [0.2, 0.25) is 0 Å². The van der Waals surface area contributed by atoms with Gasteiger partial charge < -0.3 is 0 Å². The summed E-state index contributed by atoms with van der Waals surface area (Å²) >= 11 is 0.242. The average Bonchev–Trinajstić information content (AvgIpc) is 1.37. The number of halogens is 1. The summed E-state index contributed by atoms with van der Waals surface area (Å²) in [7, 11) is 0. The summed E-state index contributed by atoms with van der Waals surface area (Å²) in [6.07, 6.45) is 0. The first-order chi connectivity index (χ1) is 1.91. The van der Waals surface area contributed by atoms with E-state index in [0.29, 0.717) is 0 Å². The summed E-state index contributed by atoms with van der Waals surface area (Å²) in [6, 6.07) is 0. The second-order valence-electron chi connectivity index (χ2n) is 0.152. The Morgan fingerprint density at radius 2 is 2.25 bits per heavy atom. The van der Waals surface area contributed by atoms with E-state index in [9.17, 15) is 0 Å². The first kappa shape index (κ1) is 4.17. The fourth-order valence-corrected chi connectivity index (χ4v) is 0. The van der Waals surface area contributed by atoms with Gasteiger partial charge in [-0.3, -0.25) is 0 Å². The Kier molecular flexibility index (Phi) is 3.30. The van der Waals surface area contributed by atoms with Crippen LogP contribution in [0.3, 0.4) is 0 Å². The molecule has 0 aliphatic rings. The molecule has 0 aromatic heterocycles. The lowest BCUT2D eigenvalue weighted by atomic mass is 13.6. The van der Waals surface area contributed by atoms with Crippen molar-refractivity contribution in [1.82, 2.24) is 0 Å². The molecule has 0 amide bonds. The maximum absolute atomic E-state index is 8.81. The van der Waals surface area contributed by atoms with Crippen LogP contribution in [0.1, 0.15) is 0 Å². The first-order valence-corrected chi connectivity index (χ1v) is 1.16. The summed E-state index contributed by atoms with van der Waals surface area (Å²) in [5.41, 5.74) is 0. The van der Waals surface area contributed by atoms with E-state index >= 15 is 0 Å². The quantitative estimate of drug-likeness (QED) is 0.423. The normalized spacial score (nSPS) is 7.50. The second kappa shape index (κ2) is 3.17. The van der Waals surface area contributed by atoms with Crippen LogP contribution >= 0.6 is 0 Å². The van der Waals surface area contributed by atoms with Crippen molar-refractivity contribution >= 4 is 0 Å². The highest BCUT2D eigenvalue weighted by Gasteiger charge is 1.92. The van der Waals surface area contributed by atoms with Gasteiger partial charge in [0.25, 0.3) is 0 Å². The van der Waals surface area contributed by atoms with Crippen molar-refractivity contribution in [2.75, 3.05) is 0 Å². The van der Waals surface area contributed by atoms with Gasteiger partial charge in [0.15, 0.2) is 4.66 Å². The molecule has 1 radical (unpaired) electrons. The maximum Gasteiger partial charge on any atom is 0.628 e. The summed E-state index contributed by atoms with van der Waals surface area (Å²) in [6.45, 7) is 0. The van der Waals surface area contributed by atoms with Gasteiger partial charge in [0.05, 0.1) is 0 Å². The van der Waals surface area contributed by atoms with Crippen LogP contribution in [0.25, 0.3) is 0 Å². The average molecular weight is 83.5 g/mol. The predicted octanol–water partition coefficient (Wildman–Crippen LogP) is -0.778. The number of nitrogens with two attached hydrogens (primary N) is 1. The monoisotopic (exact) mass is 83.0 g/mol. The molecule has 4 heteroatoms. The van der Waals surface area contributed by atoms with Gasteiger partial charge in [0.2, 0.25) is 0 Å². The predicted molar refractivity (Wildman–Crippen MR) is 5.96 cm³/mol. The van der Waals surface area contributed by atoms with E-state index < -0.39 is 0 Å². The van der Waals surface area contributed by atoms with Crippen LogP contribution in [0, 0.1) is 11.3 Å². The minimum atomic E-state index is 0.242. The molecule has 0 aliphatic carbocycles. The van der Waals surface area contributed by atoms with Crippen LogP contribution in [0.4, 0.5) is 0 Å². The molecule has 0 saturated heterocycles. The zero-order chi connectivity index (χ0) is 3.41. The van der Waals surface area contributed by atoms with Crippen LogP contribution in [0.15, 0.2) is 0 Å². The highest BCUT2D eigenvalue weighted by molar-refractivity contribution is 2.95. The van der Waals surface area contributed by atoms with Crippen LogP contribution in [0.5, 0.6) is 0 Å². The molecule has 0 aromatic carbocycles. The van der Waals surface area contributed by atoms with E-state index in [-0.39, 0.29) is 11.3 Å². The Hall–Kier alpha value is 0.170. The van der Waals surface area contributed by atoms with Gasteiger partial charge in [-0.25, -0.2) is 0 Å². The van der Waals surface area contributed by atoms with E-state index in [1.54, 1.807) is 0 Å². The summed E-state index contributed by atoms with van der Waals surface area (Å²) in [5, 5.41) is 0. The van der Waals surface area contributed by atoms with Gasteiger partial charge in [-0.15, -0.1) is 5.90 Å². The molecule has 0 aromatic rings. The third-order valence-corrected chi connectivity index (χ3v) is 0.109. The molecule has 0 saturated carbocycles. The molecule has 0 unspecified atom stereocenters. The van der Waals surface area contributed by atoms with Crippen LogP contribution in [-0.2, 0) is 9.05 Å². The zero-order valence-electron chi connectivity index (χ0n) is 1.77. The molecule has 0 fully saturated rings. The number of hydrogen-bond acceptors (Lipinski definition) is 2. The van der Waals surface area contributed by atoms with E-state index in [1.165, 1.54) is 0 Å². The van der Waals surface area contributed by atoms with E-state index in [1.807, 2.05) is 0 Å². The molecule has 0 bridgehead atoms. The van der Waals surface area contributed by atoms with Crippen molar-refractivity contribution < 1.29 is 20.4 Å². The van der Waals surface area contributed by atoms with Crippen molar-refractivity contribution in [2.45, 2.75) is 0 Å². The molecule has 4 heavy (non-hydrogen) atoms. The maximum atomic E-state index is 8.81. The fraction of sp³-hybridized carbons (Fsp3) is 0. The van der Waals surface area contributed by atoms with Crippen molar-refractivity contribution in [2.24, 2.45) is 5.90 Å². The Morgan fingerprint density at radius 1 is 2.00 bits per heavy atom. The van der Waals surface area contributed by atoms with Crippen LogP contribution < -0.4 is 5.90 Å². The molecule has 25 valence electrons. The van der Waals surface area contributed by atoms with Gasteiger partial charge in [-0.2, -0.15) is 0 Å². The van der Waals surface area contributed by atoms with Gasteiger partial charge in [0, 0.05) is 4.39 Å². The third kappa shape index (κ3) is 2.17. The molecular weight excluding hydrogens is 81.5 g/mol. The van der Waals surface area contributed by atoms with Gasteiger partial charge in [-0.1, -0.05) is 0 Å². The van der Waals surface area contributed by atoms with E-state index in [2.05, 4.69) is 10.3 Å². The SMILES string of the molecule is NO[Cl+][O]. The Bertz CT molecular complexity index is 8.00.